The van der Waals surface area contributed by atoms with Crippen LogP contribution in [-0.2, 0) is 0 Å². The monoisotopic (exact) mass is 163 g/mol. The van der Waals surface area contributed by atoms with Gasteiger partial charge in [0.2, 0.25) is 0 Å². The van der Waals surface area contributed by atoms with Crippen LogP contribution >= 0.6 is 0 Å². The highest BCUT2D eigenvalue weighted by Gasteiger charge is 2.11. The van der Waals surface area contributed by atoms with E-state index < -0.39 is 0 Å². The first-order valence-electron chi connectivity index (χ1n) is 3.74. The van der Waals surface area contributed by atoms with E-state index in [9.17, 15) is 10.1 Å². The van der Waals surface area contributed by atoms with Crippen LogP contribution in [0.2, 0.25) is 0 Å². The third kappa shape index (κ3) is 1.47. The molecule has 0 amide bonds. The van der Waals surface area contributed by atoms with E-state index in [0.29, 0.717) is 0 Å². The zero-order valence-corrected chi connectivity index (χ0v) is 7.42. The summed E-state index contributed by atoms with van der Waals surface area (Å²) in [5.41, 5.74) is 2.88. The molecule has 0 atom stereocenters. The molecular formula is C8H10BNO2. The lowest BCUT2D eigenvalue weighted by molar-refractivity contribution is -0.385. The number of hydrogen-bond acceptors (Lipinski definition) is 2. The molecule has 62 valence electrons. The van der Waals surface area contributed by atoms with Crippen LogP contribution in [0, 0.1) is 24.0 Å². The smallest absolute Gasteiger partial charge is 0.258 e. The molecule has 4 heteroatoms. The zero-order valence-electron chi connectivity index (χ0n) is 7.42. The summed E-state index contributed by atoms with van der Waals surface area (Å²) in [6, 6.07) is 3.55. The van der Waals surface area contributed by atoms with Crippen molar-refractivity contribution in [1.29, 1.82) is 0 Å². The lowest BCUT2D eigenvalue weighted by Crippen LogP contribution is -2.06. The molecule has 12 heavy (non-hydrogen) atoms. The Labute approximate surface area is 72.0 Å². The molecule has 0 fully saturated rings. The van der Waals surface area contributed by atoms with Crippen molar-refractivity contribution in [3.8, 4) is 0 Å². The Morgan fingerprint density at radius 1 is 1.42 bits per heavy atom. The number of aryl methyl sites for hydroxylation is 1. The van der Waals surface area contributed by atoms with Gasteiger partial charge >= 0.3 is 0 Å². The van der Waals surface area contributed by atoms with E-state index in [0.717, 1.165) is 16.6 Å². The van der Waals surface area contributed by atoms with Crippen LogP contribution in [0.4, 0.5) is 5.69 Å². The minimum atomic E-state index is -0.338. The second-order valence-electron chi connectivity index (χ2n) is 2.98. The fourth-order valence-corrected chi connectivity index (χ4v) is 1.21. The maximum atomic E-state index is 10.5. The third-order valence-electron chi connectivity index (χ3n) is 1.98. The predicted molar refractivity (Wildman–Crippen MR) is 50.7 cm³/mol. The quantitative estimate of drug-likeness (QED) is 0.343. The molecule has 0 radical (unpaired) electrons. The molecule has 0 N–H and O–H groups in total. The molecule has 0 aliphatic carbocycles. The van der Waals surface area contributed by atoms with E-state index >= 15 is 0 Å². The number of nitrogens with zero attached hydrogens (tertiary/aromatic N) is 1. The van der Waals surface area contributed by atoms with Gasteiger partial charge in [-0.25, -0.2) is 0 Å². The number of nitro benzene ring substituents is 1. The van der Waals surface area contributed by atoms with Gasteiger partial charge in [-0.1, -0.05) is 11.5 Å². The molecule has 0 aliphatic rings. The number of nitro groups is 1. The van der Waals surface area contributed by atoms with Gasteiger partial charge in [0.05, 0.1) is 4.92 Å². The zero-order chi connectivity index (χ0) is 9.30. The maximum Gasteiger partial charge on any atom is 0.271 e. The van der Waals surface area contributed by atoms with Crippen molar-refractivity contribution in [3.05, 3.63) is 33.4 Å². The van der Waals surface area contributed by atoms with E-state index in [2.05, 4.69) is 0 Å². The fourth-order valence-electron chi connectivity index (χ4n) is 1.21. The summed E-state index contributed by atoms with van der Waals surface area (Å²) in [4.78, 5) is 10.2. The molecule has 1 aromatic rings. The van der Waals surface area contributed by atoms with Gasteiger partial charge in [0, 0.05) is 11.6 Å². The molecule has 0 bridgehead atoms. The van der Waals surface area contributed by atoms with Gasteiger partial charge in [0.1, 0.15) is 7.85 Å². The average Bonchev–Trinajstić information content (AvgIpc) is 1.96. The highest BCUT2D eigenvalue weighted by atomic mass is 16.6. The van der Waals surface area contributed by atoms with Crippen molar-refractivity contribution in [3.63, 3.8) is 0 Å². The van der Waals surface area contributed by atoms with Crippen LogP contribution in [0.5, 0.6) is 0 Å². The van der Waals surface area contributed by atoms with Gasteiger partial charge in [-0.2, -0.15) is 0 Å². The van der Waals surface area contributed by atoms with E-state index in [1.54, 1.807) is 13.0 Å². The Balaban J connectivity index is 3.37. The average molecular weight is 163 g/mol. The molecule has 1 aromatic carbocycles. The molecule has 0 unspecified atom stereocenters. The molecule has 0 spiro atoms. The van der Waals surface area contributed by atoms with Gasteiger partial charge in [-0.05, 0) is 19.4 Å². The van der Waals surface area contributed by atoms with E-state index in [1.807, 2.05) is 20.8 Å². The lowest BCUT2D eigenvalue weighted by Gasteiger charge is -2.02. The number of rotatable bonds is 1. The Bertz CT molecular complexity index is 336. The van der Waals surface area contributed by atoms with Gasteiger partial charge in [0.15, 0.2) is 0 Å². The minimum absolute atomic E-state index is 0.215. The molecule has 0 aliphatic heterocycles. The summed E-state index contributed by atoms with van der Waals surface area (Å²) >= 11 is 0. The topological polar surface area (TPSA) is 43.1 Å². The highest BCUT2D eigenvalue weighted by Crippen LogP contribution is 2.18. The standard InChI is InChI=1S/C8H10BNO2/c1-5-3-7(9)4-8(6(5)2)10(11)12/h3-4H,9H2,1-2H3. The van der Waals surface area contributed by atoms with Crippen molar-refractivity contribution < 1.29 is 4.92 Å². The largest absolute Gasteiger partial charge is 0.271 e. The van der Waals surface area contributed by atoms with Crippen LogP contribution in [0.15, 0.2) is 12.1 Å². The van der Waals surface area contributed by atoms with Crippen molar-refractivity contribution in [2.24, 2.45) is 0 Å². The molecule has 0 saturated carbocycles. The third-order valence-corrected chi connectivity index (χ3v) is 1.98. The summed E-state index contributed by atoms with van der Waals surface area (Å²) in [5, 5.41) is 10.5. The van der Waals surface area contributed by atoms with Crippen LogP contribution < -0.4 is 5.46 Å². The van der Waals surface area contributed by atoms with Crippen molar-refractivity contribution in [2.45, 2.75) is 13.8 Å². The van der Waals surface area contributed by atoms with Crippen LogP contribution in [0.1, 0.15) is 11.1 Å². The first-order valence-corrected chi connectivity index (χ1v) is 3.74. The molecule has 0 aromatic heterocycles. The SMILES string of the molecule is Bc1cc(C)c(C)c([N+](=O)[O-])c1. The molecule has 3 nitrogen and oxygen atoms in total. The summed E-state index contributed by atoms with van der Waals surface area (Å²) in [5.74, 6) is 0. The normalized spacial score (nSPS) is 9.83. The van der Waals surface area contributed by atoms with Crippen LogP contribution in [-0.4, -0.2) is 12.8 Å². The lowest BCUT2D eigenvalue weighted by atomic mass is 9.91. The van der Waals surface area contributed by atoms with Crippen molar-refractivity contribution >= 4 is 19.0 Å². The predicted octanol–water partition coefficient (Wildman–Crippen LogP) is 0.470. The Kier molecular flexibility index (Phi) is 2.17. The van der Waals surface area contributed by atoms with Gasteiger partial charge < -0.3 is 0 Å². The molecule has 0 heterocycles. The molecule has 0 saturated heterocycles. The Morgan fingerprint density at radius 3 is 2.50 bits per heavy atom. The van der Waals surface area contributed by atoms with Gasteiger partial charge in [0.25, 0.3) is 5.69 Å². The van der Waals surface area contributed by atoms with E-state index in [4.69, 9.17) is 0 Å². The van der Waals surface area contributed by atoms with Crippen LogP contribution in [0.25, 0.3) is 0 Å². The highest BCUT2D eigenvalue weighted by molar-refractivity contribution is 6.32. The molecule has 1 rings (SSSR count). The van der Waals surface area contributed by atoms with Crippen molar-refractivity contribution in [2.75, 3.05) is 0 Å². The van der Waals surface area contributed by atoms with E-state index in [-0.39, 0.29) is 10.6 Å². The summed E-state index contributed by atoms with van der Waals surface area (Å²) < 4.78 is 0. The first-order chi connectivity index (χ1) is 5.52. The Hall–Kier alpha value is -1.32. The maximum absolute atomic E-state index is 10.5. The van der Waals surface area contributed by atoms with Crippen molar-refractivity contribution in [1.82, 2.24) is 0 Å². The second-order valence-corrected chi connectivity index (χ2v) is 2.98. The number of hydrogen-bond donors (Lipinski definition) is 0. The Morgan fingerprint density at radius 2 is 2.00 bits per heavy atom. The summed E-state index contributed by atoms with van der Waals surface area (Å²) in [7, 11) is 1.86. The van der Waals surface area contributed by atoms with E-state index in [1.165, 1.54) is 0 Å². The second kappa shape index (κ2) is 2.97. The first kappa shape index (κ1) is 8.78. The summed E-state index contributed by atoms with van der Waals surface area (Å²) in [6.07, 6.45) is 0. The minimum Gasteiger partial charge on any atom is -0.258 e. The van der Waals surface area contributed by atoms with Crippen LogP contribution in [0.3, 0.4) is 0 Å². The fraction of sp³-hybridized carbons (Fsp3) is 0.250. The van der Waals surface area contributed by atoms with Gasteiger partial charge in [-0.3, -0.25) is 10.1 Å². The number of benzene rings is 1. The summed E-state index contributed by atoms with van der Waals surface area (Å²) in [6.45, 7) is 3.66. The van der Waals surface area contributed by atoms with Gasteiger partial charge in [-0.15, -0.1) is 0 Å². The molecular weight excluding hydrogens is 153 g/mol.